The van der Waals surface area contributed by atoms with E-state index in [1.54, 1.807) is 7.11 Å². The molecule has 1 aliphatic rings. The van der Waals surface area contributed by atoms with E-state index in [0.29, 0.717) is 28.8 Å². The Morgan fingerprint density at radius 1 is 1.09 bits per heavy atom. The highest BCUT2D eigenvalue weighted by atomic mass is 32.2. The highest BCUT2D eigenvalue weighted by Crippen LogP contribution is 2.41. The van der Waals surface area contributed by atoms with Crippen LogP contribution in [0.3, 0.4) is 0 Å². The van der Waals surface area contributed by atoms with Crippen molar-refractivity contribution in [1.82, 2.24) is 9.97 Å². The monoisotopic (exact) mass is 487 g/mol. The van der Waals surface area contributed by atoms with Crippen LogP contribution in [0.1, 0.15) is 16.7 Å². The van der Waals surface area contributed by atoms with Crippen LogP contribution in [0.15, 0.2) is 71.8 Å². The first kappa shape index (κ1) is 22.9. The number of halogens is 1. The quantitative estimate of drug-likeness (QED) is 0.233. The van der Waals surface area contributed by atoms with E-state index in [9.17, 15) is 9.18 Å². The maximum absolute atomic E-state index is 13.2. The van der Waals surface area contributed by atoms with Gasteiger partial charge in [0, 0.05) is 17.7 Å². The van der Waals surface area contributed by atoms with E-state index in [2.05, 4.69) is 5.32 Å². The van der Waals surface area contributed by atoms with Crippen LogP contribution in [0.5, 0.6) is 17.4 Å². The number of aryl methyl sites for hydroxylation is 1. The number of nitrogens with one attached hydrogen (secondary N) is 1. The van der Waals surface area contributed by atoms with Crippen LogP contribution >= 0.6 is 11.8 Å². The minimum absolute atomic E-state index is 0.129. The molecule has 1 aliphatic heterocycles. The predicted octanol–water partition coefficient (Wildman–Crippen LogP) is 6.03. The van der Waals surface area contributed by atoms with Crippen LogP contribution in [0.25, 0.3) is 11.4 Å². The number of para-hydroxylation sites is 1. The highest BCUT2D eigenvalue weighted by Gasteiger charge is 2.25. The average Bonchev–Trinajstić information content (AvgIpc) is 2.88. The summed E-state index contributed by atoms with van der Waals surface area (Å²) in [7, 11) is 1.61. The zero-order chi connectivity index (χ0) is 24.4. The summed E-state index contributed by atoms with van der Waals surface area (Å²) in [5.74, 6) is 2.10. The second-order valence-electron chi connectivity index (χ2n) is 8.05. The summed E-state index contributed by atoms with van der Waals surface area (Å²) < 4.78 is 24.7. The molecule has 3 aromatic carbocycles. The molecule has 6 nitrogen and oxygen atoms in total. The highest BCUT2D eigenvalue weighted by molar-refractivity contribution is 8.00. The van der Waals surface area contributed by atoms with Gasteiger partial charge < -0.3 is 14.8 Å². The maximum Gasteiger partial charge on any atom is 0.234 e. The second kappa shape index (κ2) is 9.76. The van der Waals surface area contributed by atoms with E-state index in [4.69, 9.17) is 19.4 Å². The van der Waals surface area contributed by atoms with Crippen LogP contribution in [0.4, 0.5) is 10.1 Å². The van der Waals surface area contributed by atoms with Crippen molar-refractivity contribution in [3.8, 4) is 28.8 Å². The third-order valence-electron chi connectivity index (χ3n) is 5.61. The Kier molecular flexibility index (Phi) is 6.37. The van der Waals surface area contributed by atoms with Gasteiger partial charge in [0.15, 0.2) is 5.82 Å². The number of thioether (sulfide) groups is 1. The molecular formula is C27H22FN3O3S. The number of hydrogen-bond donors (Lipinski definition) is 1. The summed E-state index contributed by atoms with van der Waals surface area (Å²) in [6.45, 7) is 2.00. The van der Waals surface area contributed by atoms with Crippen molar-refractivity contribution in [3.63, 3.8) is 0 Å². The third kappa shape index (κ3) is 4.97. The number of aromatic nitrogens is 2. The Bertz CT molecular complexity index is 1390. The van der Waals surface area contributed by atoms with Crippen molar-refractivity contribution >= 4 is 23.4 Å². The summed E-state index contributed by atoms with van der Waals surface area (Å²) in [6, 6.07) is 19.2. The number of carbonyl (C=O) groups excluding carboxylic acids is 1. The molecule has 35 heavy (non-hydrogen) atoms. The summed E-state index contributed by atoms with van der Waals surface area (Å²) in [5, 5.41) is 3.47. The average molecular weight is 488 g/mol. The summed E-state index contributed by atoms with van der Waals surface area (Å²) in [6.07, 6.45) is 0.608. The lowest BCUT2D eigenvalue weighted by Crippen LogP contribution is -2.15. The topological polar surface area (TPSA) is 73.3 Å². The number of amides is 1. The van der Waals surface area contributed by atoms with Crippen molar-refractivity contribution in [3.05, 3.63) is 89.2 Å². The van der Waals surface area contributed by atoms with Crippen LogP contribution in [-0.2, 0) is 11.2 Å². The van der Waals surface area contributed by atoms with Gasteiger partial charge in [0.2, 0.25) is 11.8 Å². The van der Waals surface area contributed by atoms with Crippen molar-refractivity contribution in [2.45, 2.75) is 18.4 Å². The van der Waals surface area contributed by atoms with Crippen molar-refractivity contribution in [1.29, 1.82) is 0 Å². The Morgan fingerprint density at radius 3 is 2.60 bits per heavy atom. The number of anilines is 1. The Morgan fingerprint density at radius 2 is 1.86 bits per heavy atom. The normalized spacial score (nSPS) is 11.7. The van der Waals surface area contributed by atoms with Crippen LogP contribution in [0.2, 0.25) is 0 Å². The molecule has 1 N–H and O–H groups in total. The molecule has 176 valence electrons. The molecule has 0 fully saturated rings. The zero-order valence-corrected chi connectivity index (χ0v) is 20.0. The van der Waals surface area contributed by atoms with Crippen LogP contribution < -0.4 is 14.8 Å². The van der Waals surface area contributed by atoms with E-state index >= 15 is 0 Å². The van der Waals surface area contributed by atoms with Crippen molar-refractivity contribution in [2.24, 2.45) is 0 Å². The number of nitrogens with zero attached hydrogens (tertiary/aromatic N) is 2. The SMILES string of the molecule is COc1ccc(-c2nc3c(c(SCC(=O)Nc4ccc(F)cc4)n2)Cc2cccc(C)c2O3)cc1. The van der Waals surface area contributed by atoms with Gasteiger partial charge in [-0.1, -0.05) is 30.0 Å². The maximum atomic E-state index is 13.2. The summed E-state index contributed by atoms with van der Waals surface area (Å²) >= 11 is 1.32. The molecule has 0 aliphatic carbocycles. The molecule has 0 spiro atoms. The first-order valence-corrected chi connectivity index (χ1v) is 12.0. The smallest absolute Gasteiger partial charge is 0.234 e. The Labute approximate surface area is 206 Å². The zero-order valence-electron chi connectivity index (χ0n) is 19.2. The molecule has 0 unspecified atom stereocenters. The standard InChI is InChI=1S/C27H22FN3O3S/c1-16-4-3-5-18-14-22-26(34-24(16)18)30-25(17-6-12-21(33-2)13-7-17)31-27(22)35-15-23(32)29-20-10-8-19(28)9-11-20/h3-13H,14-15H2,1-2H3,(H,29,32). The molecule has 4 aromatic rings. The molecule has 8 heteroatoms. The lowest BCUT2D eigenvalue weighted by Gasteiger charge is -2.23. The Balaban J connectivity index is 1.45. The summed E-state index contributed by atoms with van der Waals surface area (Å²) in [4.78, 5) is 22.1. The van der Waals surface area contributed by atoms with Gasteiger partial charge in [0.1, 0.15) is 22.3 Å². The van der Waals surface area contributed by atoms with Gasteiger partial charge in [0.25, 0.3) is 0 Å². The number of benzene rings is 3. The lowest BCUT2D eigenvalue weighted by molar-refractivity contribution is -0.113. The van der Waals surface area contributed by atoms with E-state index in [1.807, 2.05) is 49.4 Å². The van der Waals surface area contributed by atoms with Gasteiger partial charge in [0.05, 0.1) is 18.4 Å². The first-order valence-electron chi connectivity index (χ1n) is 11.0. The fourth-order valence-electron chi connectivity index (χ4n) is 3.82. The van der Waals surface area contributed by atoms with Gasteiger partial charge in [-0.2, -0.15) is 4.98 Å². The second-order valence-corrected chi connectivity index (χ2v) is 9.01. The van der Waals surface area contributed by atoms with Crippen LogP contribution in [-0.4, -0.2) is 28.7 Å². The van der Waals surface area contributed by atoms with E-state index < -0.39 is 0 Å². The van der Waals surface area contributed by atoms with E-state index in [1.165, 1.54) is 36.0 Å². The molecule has 0 bridgehead atoms. The van der Waals surface area contributed by atoms with Crippen molar-refractivity contribution < 1.29 is 18.7 Å². The number of methoxy groups -OCH3 is 1. The molecule has 0 atom stereocenters. The first-order chi connectivity index (χ1) is 17.0. The largest absolute Gasteiger partial charge is 0.497 e. The number of hydrogen-bond acceptors (Lipinski definition) is 6. The molecule has 5 rings (SSSR count). The fourth-order valence-corrected chi connectivity index (χ4v) is 4.64. The molecule has 1 amide bonds. The third-order valence-corrected chi connectivity index (χ3v) is 6.62. The molecule has 0 saturated heterocycles. The number of fused-ring (bicyclic) bond motifs is 2. The molecule has 2 heterocycles. The minimum atomic E-state index is -0.355. The van der Waals surface area contributed by atoms with E-state index in [0.717, 1.165) is 33.8 Å². The fraction of sp³-hybridized carbons (Fsp3) is 0.148. The van der Waals surface area contributed by atoms with Gasteiger partial charge >= 0.3 is 0 Å². The Hall–Kier alpha value is -3.91. The van der Waals surface area contributed by atoms with Gasteiger partial charge in [-0.25, -0.2) is 9.37 Å². The molecule has 1 aromatic heterocycles. The molecule has 0 radical (unpaired) electrons. The number of rotatable bonds is 6. The van der Waals surface area contributed by atoms with Gasteiger partial charge in [-0.05, 0) is 66.6 Å². The van der Waals surface area contributed by atoms with E-state index in [-0.39, 0.29) is 17.5 Å². The van der Waals surface area contributed by atoms with Crippen molar-refractivity contribution in [2.75, 3.05) is 18.2 Å². The molecule has 0 saturated carbocycles. The molecular weight excluding hydrogens is 465 g/mol. The van der Waals surface area contributed by atoms with Gasteiger partial charge in [-0.15, -0.1) is 0 Å². The number of ether oxygens (including phenoxy) is 2. The number of carbonyl (C=O) groups is 1. The van der Waals surface area contributed by atoms with Gasteiger partial charge in [-0.3, -0.25) is 4.79 Å². The van der Waals surface area contributed by atoms with Crippen LogP contribution in [0, 0.1) is 12.7 Å². The minimum Gasteiger partial charge on any atom is -0.497 e. The predicted molar refractivity (Wildman–Crippen MR) is 134 cm³/mol. The lowest BCUT2D eigenvalue weighted by atomic mass is 10.0. The summed E-state index contributed by atoms with van der Waals surface area (Å²) in [5.41, 5.74) is 4.28.